The van der Waals surface area contributed by atoms with Crippen LogP contribution in [0.4, 0.5) is 5.69 Å². The number of nitrogens with zero attached hydrogens (tertiary/aromatic N) is 1. The van der Waals surface area contributed by atoms with Crippen molar-refractivity contribution in [3.63, 3.8) is 0 Å². The molecule has 1 atom stereocenters. The molecule has 0 radical (unpaired) electrons. The summed E-state index contributed by atoms with van der Waals surface area (Å²) in [7, 11) is 1.61. The minimum atomic E-state index is -0.580. The Kier molecular flexibility index (Phi) is 6.54. The maximum absolute atomic E-state index is 13.9. The van der Waals surface area contributed by atoms with Gasteiger partial charge in [0.1, 0.15) is 17.3 Å². The molecule has 0 bridgehead atoms. The van der Waals surface area contributed by atoms with E-state index >= 15 is 0 Å². The number of carbonyl (C=O) groups is 1. The number of aliphatic hydroxyl groups excluding tert-OH is 1. The van der Waals surface area contributed by atoms with Crippen molar-refractivity contribution in [3.05, 3.63) is 111 Å². The van der Waals surface area contributed by atoms with Crippen LogP contribution >= 0.6 is 15.9 Å². The van der Waals surface area contributed by atoms with Gasteiger partial charge in [-0.3, -0.25) is 15.1 Å². The third kappa shape index (κ3) is 4.62. The Labute approximate surface area is 225 Å². The van der Waals surface area contributed by atoms with E-state index < -0.39 is 5.92 Å². The number of hydrogen-bond acceptors (Lipinski definition) is 4. The second-order valence-electron chi connectivity index (χ2n) is 10.3. The van der Waals surface area contributed by atoms with Crippen LogP contribution in [0.25, 0.3) is 5.76 Å². The molecule has 2 aliphatic rings. The second-order valence-corrected chi connectivity index (χ2v) is 11.2. The number of allylic oxidation sites excluding steroid dienone is 2. The largest absolute Gasteiger partial charge is 0.507 e. The Morgan fingerprint density at radius 2 is 1.65 bits per heavy atom. The first-order chi connectivity index (χ1) is 17.7. The Morgan fingerprint density at radius 3 is 2.27 bits per heavy atom. The predicted molar refractivity (Wildman–Crippen MR) is 151 cm³/mol. The minimum absolute atomic E-state index is 0.00212. The molecule has 0 amide bonds. The summed E-state index contributed by atoms with van der Waals surface area (Å²) in [5.41, 5.74) is 3.82. The van der Waals surface area contributed by atoms with Gasteiger partial charge in [0.2, 0.25) is 0 Å². The zero-order valence-corrected chi connectivity index (χ0v) is 22.7. The van der Waals surface area contributed by atoms with Gasteiger partial charge < -0.3 is 9.84 Å². The summed E-state index contributed by atoms with van der Waals surface area (Å²) in [4.78, 5) is 15.7. The zero-order chi connectivity index (χ0) is 26.3. The number of benzene rings is 3. The van der Waals surface area contributed by atoms with Crippen molar-refractivity contribution in [2.75, 3.05) is 12.0 Å². The highest BCUT2D eigenvalue weighted by Crippen LogP contribution is 2.51. The lowest BCUT2D eigenvalue weighted by Gasteiger charge is -2.45. The Bertz CT molecular complexity index is 1420. The molecule has 5 rings (SSSR count). The molecule has 0 saturated carbocycles. The Balaban J connectivity index is 1.83. The normalized spacial score (nSPS) is 20.5. The molecule has 37 heavy (non-hydrogen) atoms. The summed E-state index contributed by atoms with van der Waals surface area (Å²) >= 11 is 3.50. The second kappa shape index (κ2) is 9.67. The first-order valence-corrected chi connectivity index (χ1v) is 13.0. The summed E-state index contributed by atoms with van der Waals surface area (Å²) in [6, 6.07) is 24.5. The van der Waals surface area contributed by atoms with Gasteiger partial charge in [0.05, 0.1) is 7.11 Å². The standard InChI is InChI=1S/C31H29BrN2O3/c1-31(2)17-24-27(25(35)18-31)26(19-9-15-23(37-3)16-10-19)28(29(36)20-7-5-4-6-8-20)30(33)34(24)22-13-11-21(32)12-14-22/h4-16,26,33,36H,17-18H2,1-3H3/t26-/m0/s1. The number of halogens is 1. The number of hydrogen-bond donors (Lipinski definition) is 2. The van der Waals surface area contributed by atoms with Crippen molar-refractivity contribution in [2.24, 2.45) is 5.41 Å². The summed E-state index contributed by atoms with van der Waals surface area (Å²) in [6.07, 6.45) is 1.04. The Morgan fingerprint density at radius 1 is 1.00 bits per heavy atom. The van der Waals surface area contributed by atoms with Gasteiger partial charge in [-0.25, -0.2) is 0 Å². The fourth-order valence-electron chi connectivity index (χ4n) is 5.37. The lowest BCUT2D eigenvalue weighted by molar-refractivity contribution is -0.118. The smallest absolute Gasteiger partial charge is 0.162 e. The van der Waals surface area contributed by atoms with Crippen LogP contribution in [-0.2, 0) is 4.79 Å². The number of methoxy groups -OCH3 is 1. The monoisotopic (exact) mass is 556 g/mol. The molecule has 1 aliphatic carbocycles. The number of nitrogens with one attached hydrogen (secondary N) is 1. The summed E-state index contributed by atoms with van der Waals surface area (Å²) in [5, 5.41) is 21.2. The average Bonchev–Trinajstić information content (AvgIpc) is 2.88. The van der Waals surface area contributed by atoms with Crippen LogP contribution in [0.5, 0.6) is 5.75 Å². The number of ketones is 1. The number of rotatable bonds is 4. The summed E-state index contributed by atoms with van der Waals surface area (Å²) in [6.45, 7) is 4.18. The van der Waals surface area contributed by atoms with E-state index in [-0.39, 0.29) is 22.8 Å². The fraction of sp³-hybridized carbons (Fsp3) is 0.226. The van der Waals surface area contributed by atoms with Gasteiger partial charge in [0, 0.05) is 44.9 Å². The molecule has 0 saturated heterocycles. The van der Waals surface area contributed by atoms with Crippen LogP contribution < -0.4 is 9.64 Å². The molecular formula is C31H29BrN2O3. The van der Waals surface area contributed by atoms with Crippen LogP contribution in [0, 0.1) is 10.8 Å². The molecule has 0 unspecified atom stereocenters. The lowest BCUT2D eigenvalue weighted by atomic mass is 9.67. The predicted octanol–water partition coefficient (Wildman–Crippen LogP) is 7.65. The summed E-state index contributed by atoms with van der Waals surface area (Å²) < 4.78 is 6.29. The average molecular weight is 557 g/mol. The molecule has 3 aromatic carbocycles. The number of aliphatic hydroxyl groups is 1. The van der Waals surface area contributed by atoms with E-state index in [1.54, 1.807) is 7.11 Å². The topological polar surface area (TPSA) is 73.6 Å². The van der Waals surface area contributed by atoms with Crippen LogP contribution in [0.1, 0.15) is 43.7 Å². The third-order valence-corrected chi connectivity index (χ3v) is 7.59. The maximum atomic E-state index is 13.9. The van der Waals surface area contributed by atoms with E-state index in [0.29, 0.717) is 35.3 Å². The molecule has 0 spiro atoms. The number of Topliss-reactive ketones (excluding diaryl/α,β-unsaturated/α-hetero) is 1. The number of anilines is 1. The van der Waals surface area contributed by atoms with Crippen LogP contribution in [0.15, 0.2) is 100 Å². The van der Waals surface area contributed by atoms with Crippen LogP contribution in [0.2, 0.25) is 0 Å². The molecule has 6 heteroatoms. The van der Waals surface area contributed by atoms with Crippen LogP contribution in [0.3, 0.4) is 0 Å². The molecular weight excluding hydrogens is 528 g/mol. The van der Waals surface area contributed by atoms with Crippen molar-refractivity contribution in [3.8, 4) is 5.75 Å². The van der Waals surface area contributed by atoms with Gasteiger partial charge in [-0.05, 0) is 53.8 Å². The molecule has 188 valence electrons. The minimum Gasteiger partial charge on any atom is -0.507 e. The SMILES string of the molecule is COc1ccc([C@@H]2C(=C(O)c3ccccc3)C(=N)N(c3ccc(Br)cc3)C3=C2C(=O)CC(C)(C)C3)cc1. The van der Waals surface area contributed by atoms with Crippen molar-refractivity contribution in [1.29, 1.82) is 5.41 Å². The maximum Gasteiger partial charge on any atom is 0.162 e. The van der Waals surface area contributed by atoms with Gasteiger partial charge in [0.15, 0.2) is 5.78 Å². The molecule has 1 heterocycles. The van der Waals surface area contributed by atoms with Crippen molar-refractivity contribution in [1.82, 2.24) is 0 Å². The van der Waals surface area contributed by atoms with E-state index in [1.807, 2.05) is 83.8 Å². The zero-order valence-electron chi connectivity index (χ0n) is 21.1. The molecule has 3 aromatic rings. The van der Waals surface area contributed by atoms with Gasteiger partial charge in [-0.15, -0.1) is 0 Å². The highest BCUT2D eigenvalue weighted by molar-refractivity contribution is 9.10. The third-order valence-electron chi connectivity index (χ3n) is 7.06. The van der Waals surface area contributed by atoms with E-state index in [1.165, 1.54) is 0 Å². The van der Waals surface area contributed by atoms with E-state index in [0.717, 1.165) is 21.4 Å². The van der Waals surface area contributed by atoms with E-state index in [4.69, 9.17) is 4.74 Å². The summed E-state index contributed by atoms with van der Waals surface area (Å²) in [5.74, 6) is 0.324. The van der Waals surface area contributed by atoms with Gasteiger partial charge >= 0.3 is 0 Å². The first kappa shape index (κ1) is 25.0. The van der Waals surface area contributed by atoms with Crippen molar-refractivity contribution < 1.29 is 14.6 Å². The molecule has 5 nitrogen and oxygen atoms in total. The molecule has 0 fully saturated rings. The van der Waals surface area contributed by atoms with Gasteiger partial charge in [0.25, 0.3) is 0 Å². The van der Waals surface area contributed by atoms with Crippen molar-refractivity contribution >= 4 is 39.0 Å². The quantitative estimate of drug-likeness (QED) is 0.323. The van der Waals surface area contributed by atoms with E-state index in [9.17, 15) is 15.3 Å². The Hall–Kier alpha value is -3.64. The lowest BCUT2D eigenvalue weighted by Crippen LogP contribution is -2.45. The molecule has 1 aliphatic heterocycles. The fourth-order valence-corrected chi connectivity index (χ4v) is 5.63. The van der Waals surface area contributed by atoms with Crippen LogP contribution in [-0.4, -0.2) is 23.8 Å². The molecule has 2 N–H and O–H groups in total. The molecule has 0 aromatic heterocycles. The highest BCUT2D eigenvalue weighted by atomic mass is 79.9. The van der Waals surface area contributed by atoms with Gasteiger partial charge in [-0.2, -0.15) is 0 Å². The number of carbonyl (C=O) groups excluding carboxylic acids is 1. The highest BCUT2D eigenvalue weighted by Gasteiger charge is 2.46. The number of amidine groups is 1. The first-order valence-electron chi connectivity index (χ1n) is 12.2. The van der Waals surface area contributed by atoms with E-state index in [2.05, 4.69) is 29.8 Å². The number of ether oxygens (including phenoxy) is 1. The van der Waals surface area contributed by atoms with Crippen molar-refractivity contribution in [2.45, 2.75) is 32.6 Å². The van der Waals surface area contributed by atoms with Gasteiger partial charge in [-0.1, -0.05) is 72.2 Å².